The Morgan fingerprint density at radius 1 is 1.04 bits per heavy atom. The molecule has 0 spiro atoms. The number of benzene rings is 2. The largest absolute Gasteiger partial charge is 0.481 e. The number of rotatable bonds is 5. The number of carboxylic acid groups (broad SMARTS) is 1. The molecular formula is C22H21NO3. The average Bonchev–Trinajstić information content (AvgIpc) is 3.09. The van der Waals surface area contributed by atoms with Crippen molar-refractivity contribution in [2.24, 2.45) is 0 Å². The highest BCUT2D eigenvalue weighted by atomic mass is 16.4. The highest BCUT2D eigenvalue weighted by Crippen LogP contribution is 2.30. The van der Waals surface area contributed by atoms with Crippen LogP contribution in [-0.4, -0.2) is 21.8 Å². The molecule has 1 aliphatic carbocycles. The van der Waals surface area contributed by atoms with Crippen molar-refractivity contribution in [2.75, 3.05) is 0 Å². The zero-order chi connectivity index (χ0) is 18.1. The number of hydrogen-bond donors (Lipinski definition) is 2. The van der Waals surface area contributed by atoms with Crippen molar-refractivity contribution in [3.05, 3.63) is 70.9 Å². The summed E-state index contributed by atoms with van der Waals surface area (Å²) in [5, 5.41) is 10.6. The van der Waals surface area contributed by atoms with Gasteiger partial charge in [0, 0.05) is 29.1 Å². The summed E-state index contributed by atoms with van der Waals surface area (Å²) in [6.07, 6.45) is 6.09. The lowest BCUT2D eigenvalue weighted by Gasteiger charge is -2.17. The Hall–Kier alpha value is -2.88. The van der Waals surface area contributed by atoms with Gasteiger partial charge in [-0.05, 0) is 54.5 Å². The zero-order valence-corrected chi connectivity index (χ0v) is 14.5. The summed E-state index contributed by atoms with van der Waals surface area (Å²) < 4.78 is 0. The number of aryl methyl sites for hydroxylation is 2. The minimum atomic E-state index is -0.971. The molecule has 1 unspecified atom stereocenters. The van der Waals surface area contributed by atoms with Gasteiger partial charge in [0.15, 0.2) is 5.78 Å². The average molecular weight is 347 g/mol. The van der Waals surface area contributed by atoms with Crippen LogP contribution in [0.3, 0.4) is 0 Å². The van der Waals surface area contributed by atoms with Crippen molar-refractivity contribution >= 4 is 22.7 Å². The number of aromatic nitrogens is 1. The quantitative estimate of drug-likeness (QED) is 0.668. The van der Waals surface area contributed by atoms with E-state index >= 15 is 0 Å². The number of H-pyrrole nitrogens is 1. The van der Waals surface area contributed by atoms with Crippen LogP contribution in [0.2, 0.25) is 0 Å². The lowest BCUT2D eigenvalue weighted by Crippen LogP contribution is -2.16. The summed E-state index contributed by atoms with van der Waals surface area (Å²) in [5.74, 6) is -1.94. The van der Waals surface area contributed by atoms with Crippen molar-refractivity contribution in [3.63, 3.8) is 0 Å². The normalized spacial score (nSPS) is 14.8. The molecule has 2 N–H and O–H groups in total. The number of nitrogens with one attached hydrogen (secondary N) is 1. The van der Waals surface area contributed by atoms with E-state index in [0.717, 1.165) is 30.2 Å². The van der Waals surface area contributed by atoms with Crippen LogP contribution in [-0.2, 0) is 17.6 Å². The number of Topliss-reactive ketones (excluding diaryl/α,β-unsaturated/α-hetero) is 1. The molecule has 2 aromatic carbocycles. The third-order valence-corrected chi connectivity index (χ3v) is 5.35. The summed E-state index contributed by atoms with van der Waals surface area (Å²) in [4.78, 5) is 27.8. The van der Waals surface area contributed by atoms with E-state index < -0.39 is 11.9 Å². The van der Waals surface area contributed by atoms with Crippen LogP contribution in [0.1, 0.15) is 52.2 Å². The molecule has 1 aliphatic rings. The number of para-hydroxylation sites is 1. The second-order valence-corrected chi connectivity index (χ2v) is 7.00. The van der Waals surface area contributed by atoms with Gasteiger partial charge in [-0.3, -0.25) is 9.59 Å². The van der Waals surface area contributed by atoms with Gasteiger partial charge in [-0.2, -0.15) is 0 Å². The number of aromatic amines is 1. The molecule has 0 saturated heterocycles. The van der Waals surface area contributed by atoms with Crippen molar-refractivity contribution in [2.45, 2.75) is 38.0 Å². The van der Waals surface area contributed by atoms with Gasteiger partial charge in [-0.15, -0.1) is 0 Å². The van der Waals surface area contributed by atoms with E-state index in [4.69, 9.17) is 0 Å². The number of carbonyl (C=O) groups excluding carboxylic acids is 1. The third-order valence-electron chi connectivity index (χ3n) is 5.35. The zero-order valence-electron chi connectivity index (χ0n) is 14.5. The minimum absolute atomic E-state index is 0.0318. The van der Waals surface area contributed by atoms with Gasteiger partial charge in [0.1, 0.15) is 0 Å². The Balaban J connectivity index is 1.63. The number of fused-ring (bicyclic) bond motifs is 2. The standard InChI is InChI=1S/C22H21NO3/c24-21(16-10-9-14-5-1-2-6-15(14)11-16)12-18(22(25)26)19-13-23-20-8-4-3-7-17(19)20/h3-4,7-11,13,18,23H,1-2,5-6,12H2,(H,25,26). The van der Waals surface area contributed by atoms with Crippen molar-refractivity contribution in [1.82, 2.24) is 4.98 Å². The van der Waals surface area contributed by atoms with Gasteiger partial charge in [-0.1, -0.05) is 30.3 Å². The molecular weight excluding hydrogens is 326 g/mol. The van der Waals surface area contributed by atoms with Crippen molar-refractivity contribution in [1.29, 1.82) is 0 Å². The first-order chi connectivity index (χ1) is 12.6. The van der Waals surface area contributed by atoms with E-state index in [-0.39, 0.29) is 12.2 Å². The highest BCUT2D eigenvalue weighted by molar-refractivity contribution is 6.00. The van der Waals surface area contributed by atoms with Gasteiger partial charge in [-0.25, -0.2) is 0 Å². The summed E-state index contributed by atoms with van der Waals surface area (Å²) in [5.41, 5.74) is 4.73. The van der Waals surface area contributed by atoms with E-state index in [1.165, 1.54) is 17.5 Å². The second kappa shape index (κ2) is 6.79. The number of carboxylic acids is 1. The predicted molar refractivity (Wildman–Crippen MR) is 101 cm³/mol. The Labute approximate surface area is 151 Å². The second-order valence-electron chi connectivity index (χ2n) is 7.00. The maximum absolute atomic E-state index is 12.8. The van der Waals surface area contributed by atoms with Crippen molar-refractivity contribution in [3.8, 4) is 0 Å². The third kappa shape index (κ3) is 3.03. The number of ketones is 1. The van der Waals surface area contributed by atoms with E-state index in [1.807, 2.05) is 42.5 Å². The molecule has 0 amide bonds. The van der Waals surface area contributed by atoms with Crippen LogP contribution >= 0.6 is 0 Å². The highest BCUT2D eigenvalue weighted by Gasteiger charge is 2.26. The fourth-order valence-electron chi connectivity index (χ4n) is 3.92. The fourth-order valence-corrected chi connectivity index (χ4v) is 3.92. The monoisotopic (exact) mass is 347 g/mol. The van der Waals surface area contributed by atoms with E-state index in [9.17, 15) is 14.7 Å². The summed E-state index contributed by atoms with van der Waals surface area (Å²) in [6, 6.07) is 13.4. The number of hydrogen-bond acceptors (Lipinski definition) is 2. The minimum Gasteiger partial charge on any atom is -0.481 e. The number of carbonyl (C=O) groups is 2. The van der Waals surface area contributed by atoms with E-state index in [1.54, 1.807) is 6.20 Å². The van der Waals surface area contributed by atoms with E-state index in [2.05, 4.69) is 4.98 Å². The van der Waals surface area contributed by atoms with Crippen LogP contribution in [0.4, 0.5) is 0 Å². The maximum atomic E-state index is 12.8. The molecule has 4 nitrogen and oxygen atoms in total. The maximum Gasteiger partial charge on any atom is 0.311 e. The molecule has 3 aromatic rings. The fraction of sp³-hybridized carbons (Fsp3) is 0.273. The van der Waals surface area contributed by atoms with Crippen molar-refractivity contribution < 1.29 is 14.7 Å². The van der Waals surface area contributed by atoms with E-state index in [0.29, 0.717) is 11.1 Å². The molecule has 0 fully saturated rings. The van der Waals surface area contributed by atoms with Crippen LogP contribution in [0.5, 0.6) is 0 Å². The lowest BCUT2D eigenvalue weighted by atomic mass is 9.87. The molecule has 0 aliphatic heterocycles. The molecule has 132 valence electrons. The summed E-state index contributed by atoms with van der Waals surface area (Å²) in [6.45, 7) is 0. The smallest absolute Gasteiger partial charge is 0.311 e. The van der Waals surface area contributed by atoms with Crippen LogP contribution in [0.25, 0.3) is 10.9 Å². The first-order valence-corrected chi connectivity index (χ1v) is 9.07. The Morgan fingerprint density at radius 3 is 2.62 bits per heavy atom. The molecule has 4 rings (SSSR count). The molecule has 1 aromatic heterocycles. The predicted octanol–water partition coefficient (Wildman–Crippen LogP) is 4.49. The van der Waals surface area contributed by atoms with Gasteiger partial charge in [0.05, 0.1) is 5.92 Å². The Morgan fingerprint density at radius 2 is 1.81 bits per heavy atom. The van der Waals surface area contributed by atoms with Gasteiger partial charge >= 0.3 is 5.97 Å². The van der Waals surface area contributed by atoms with Gasteiger partial charge < -0.3 is 10.1 Å². The molecule has 26 heavy (non-hydrogen) atoms. The van der Waals surface area contributed by atoms with Crippen LogP contribution in [0, 0.1) is 0 Å². The molecule has 0 bridgehead atoms. The SMILES string of the molecule is O=C(CC(C(=O)O)c1c[nH]c2ccccc12)c1ccc2c(c1)CCCC2. The molecule has 4 heteroatoms. The molecule has 0 saturated carbocycles. The molecule has 1 heterocycles. The van der Waals surface area contributed by atoms with Crippen LogP contribution in [0.15, 0.2) is 48.7 Å². The lowest BCUT2D eigenvalue weighted by molar-refractivity contribution is -0.138. The number of aliphatic carboxylic acids is 1. The Kier molecular flexibility index (Phi) is 4.33. The molecule has 1 atom stereocenters. The topological polar surface area (TPSA) is 70.2 Å². The summed E-state index contributed by atoms with van der Waals surface area (Å²) >= 11 is 0. The Bertz CT molecular complexity index is 986. The first kappa shape index (κ1) is 16.6. The molecule has 0 radical (unpaired) electrons. The van der Waals surface area contributed by atoms with Crippen LogP contribution < -0.4 is 0 Å². The van der Waals surface area contributed by atoms with Gasteiger partial charge in [0.2, 0.25) is 0 Å². The first-order valence-electron chi connectivity index (χ1n) is 9.07. The van der Waals surface area contributed by atoms with Gasteiger partial charge in [0.25, 0.3) is 0 Å². The summed E-state index contributed by atoms with van der Waals surface area (Å²) in [7, 11) is 0.